The minimum Gasteiger partial charge on any atom is -0.357 e. The topological polar surface area (TPSA) is 27.8 Å². The molecule has 1 aromatic carbocycles. The summed E-state index contributed by atoms with van der Waals surface area (Å²) in [4.78, 5) is 3.51. The van der Waals surface area contributed by atoms with E-state index in [9.17, 15) is 0 Å². The number of hydrogen-bond acceptors (Lipinski definition) is 1. The van der Waals surface area contributed by atoms with Gasteiger partial charge in [0.1, 0.15) is 0 Å². The third-order valence-corrected chi connectivity index (χ3v) is 3.29. The summed E-state index contributed by atoms with van der Waals surface area (Å²) in [6.07, 6.45) is 1.14. The van der Waals surface area contributed by atoms with Crippen LogP contribution in [0.2, 0.25) is 0 Å². The molecule has 1 aliphatic rings. The van der Waals surface area contributed by atoms with Crippen molar-refractivity contribution in [2.24, 2.45) is 0 Å². The van der Waals surface area contributed by atoms with Crippen LogP contribution in [-0.2, 0) is 13.0 Å². The molecule has 0 amide bonds. The molecule has 1 aliphatic heterocycles. The summed E-state index contributed by atoms with van der Waals surface area (Å²) in [7, 11) is 0. The zero-order chi connectivity index (χ0) is 10.4. The van der Waals surface area contributed by atoms with E-state index in [1.165, 1.54) is 27.7 Å². The number of benzene rings is 1. The lowest BCUT2D eigenvalue weighted by Crippen LogP contribution is -2.32. The van der Waals surface area contributed by atoms with Crippen LogP contribution in [0.5, 0.6) is 0 Å². The highest BCUT2D eigenvalue weighted by atomic mass is 14.9. The molecular weight excluding hydrogens is 184 g/mol. The van der Waals surface area contributed by atoms with Crippen molar-refractivity contribution >= 4 is 10.9 Å². The van der Waals surface area contributed by atoms with Crippen molar-refractivity contribution in [3.05, 3.63) is 35.0 Å². The van der Waals surface area contributed by atoms with Crippen LogP contribution >= 0.6 is 0 Å². The lowest BCUT2D eigenvalue weighted by molar-refractivity contribution is 0.511. The Bertz CT molecular complexity index is 510. The highest BCUT2D eigenvalue weighted by molar-refractivity contribution is 5.85. The van der Waals surface area contributed by atoms with Gasteiger partial charge >= 0.3 is 0 Å². The van der Waals surface area contributed by atoms with Crippen molar-refractivity contribution in [2.45, 2.75) is 32.9 Å². The molecule has 2 heterocycles. The summed E-state index contributed by atoms with van der Waals surface area (Å²) >= 11 is 0. The van der Waals surface area contributed by atoms with Gasteiger partial charge in [-0.05, 0) is 37.5 Å². The first-order valence-corrected chi connectivity index (χ1v) is 5.57. The molecule has 1 atom stereocenters. The molecule has 0 fully saturated rings. The highest BCUT2D eigenvalue weighted by Gasteiger charge is 2.18. The van der Waals surface area contributed by atoms with Crippen LogP contribution in [0, 0.1) is 6.92 Å². The molecule has 2 aromatic rings. The number of aromatic amines is 1. The molecular formula is C13H16N2. The number of fused-ring (bicyclic) bond motifs is 3. The Kier molecular flexibility index (Phi) is 1.86. The third-order valence-electron chi connectivity index (χ3n) is 3.29. The first-order valence-electron chi connectivity index (χ1n) is 5.57. The van der Waals surface area contributed by atoms with E-state index in [0.29, 0.717) is 6.04 Å². The molecule has 0 saturated carbocycles. The number of hydrogen-bond donors (Lipinski definition) is 2. The molecule has 0 spiro atoms. The van der Waals surface area contributed by atoms with E-state index < -0.39 is 0 Å². The molecule has 1 unspecified atom stereocenters. The van der Waals surface area contributed by atoms with E-state index in [1.807, 2.05) is 0 Å². The summed E-state index contributed by atoms with van der Waals surface area (Å²) < 4.78 is 0. The van der Waals surface area contributed by atoms with Gasteiger partial charge in [-0.2, -0.15) is 0 Å². The summed E-state index contributed by atoms with van der Waals surface area (Å²) in [6, 6.07) is 7.28. The van der Waals surface area contributed by atoms with E-state index in [0.717, 1.165) is 13.0 Å². The van der Waals surface area contributed by atoms with Gasteiger partial charge in [0.05, 0.1) is 0 Å². The molecule has 2 heteroatoms. The summed E-state index contributed by atoms with van der Waals surface area (Å²) in [5, 5.41) is 4.89. The van der Waals surface area contributed by atoms with Crippen LogP contribution < -0.4 is 5.32 Å². The number of H-pyrrole nitrogens is 1. The standard InChI is InChI=1S/C13H16N2/c1-8-3-4-10-11-6-9(2)14-7-13(11)15-12(10)5-8/h3-5,9,14-15H,6-7H2,1-2H3. The predicted molar refractivity (Wildman–Crippen MR) is 63.0 cm³/mol. The smallest absolute Gasteiger partial charge is 0.0461 e. The lowest BCUT2D eigenvalue weighted by atomic mass is 9.99. The second-order valence-corrected chi connectivity index (χ2v) is 4.62. The van der Waals surface area contributed by atoms with E-state index in [2.05, 4.69) is 42.3 Å². The second-order valence-electron chi connectivity index (χ2n) is 4.62. The maximum Gasteiger partial charge on any atom is 0.0461 e. The minimum atomic E-state index is 0.595. The molecule has 78 valence electrons. The van der Waals surface area contributed by atoms with Crippen LogP contribution in [0.3, 0.4) is 0 Å². The monoisotopic (exact) mass is 200 g/mol. The molecule has 0 radical (unpaired) electrons. The van der Waals surface area contributed by atoms with Crippen LogP contribution in [0.15, 0.2) is 18.2 Å². The maximum atomic E-state index is 3.51. The van der Waals surface area contributed by atoms with Crippen LogP contribution in [0.25, 0.3) is 10.9 Å². The minimum absolute atomic E-state index is 0.595. The van der Waals surface area contributed by atoms with Gasteiger partial charge in [-0.25, -0.2) is 0 Å². The number of nitrogens with one attached hydrogen (secondary N) is 2. The van der Waals surface area contributed by atoms with E-state index >= 15 is 0 Å². The number of rotatable bonds is 0. The van der Waals surface area contributed by atoms with Gasteiger partial charge < -0.3 is 10.3 Å². The van der Waals surface area contributed by atoms with Crippen molar-refractivity contribution in [2.75, 3.05) is 0 Å². The molecule has 15 heavy (non-hydrogen) atoms. The van der Waals surface area contributed by atoms with Gasteiger partial charge in [-0.1, -0.05) is 12.1 Å². The highest BCUT2D eigenvalue weighted by Crippen LogP contribution is 2.27. The zero-order valence-corrected chi connectivity index (χ0v) is 9.22. The Balaban J connectivity index is 2.24. The molecule has 2 nitrogen and oxygen atoms in total. The van der Waals surface area contributed by atoms with Crippen LogP contribution in [-0.4, -0.2) is 11.0 Å². The van der Waals surface area contributed by atoms with Crippen molar-refractivity contribution in [3.8, 4) is 0 Å². The van der Waals surface area contributed by atoms with Gasteiger partial charge in [0.15, 0.2) is 0 Å². The SMILES string of the molecule is Cc1ccc2c3c([nH]c2c1)CNC(C)C3. The number of aryl methyl sites for hydroxylation is 1. The van der Waals surface area contributed by atoms with Gasteiger partial charge in [-0.3, -0.25) is 0 Å². The summed E-state index contributed by atoms with van der Waals surface area (Å²) in [5.74, 6) is 0. The Morgan fingerprint density at radius 1 is 1.33 bits per heavy atom. The Morgan fingerprint density at radius 2 is 2.20 bits per heavy atom. The predicted octanol–water partition coefficient (Wildman–Crippen LogP) is 2.51. The van der Waals surface area contributed by atoms with Gasteiger partial charge in [-0.15, -0.1) is 0 Å². The van der Waals surface area contributed by atoms with Crippen molar-refractivity contribution in [3.63, 3.8) is 0 Å². The maximum absolute atomic E-state index is 3.51. The molecule has 0 aliphatic carbocycles. The van der Waals surface area contributed by atoms with Crippen LogP contribution in [0.1, 0.15) is 23.7 Å². The van der Waals surface area contributed by atoms with Gasteiger partial charge in [0.25, 0.3) is 0 Å². The molecule has 3 rings (SSSR count). The normalized spacial score (nSPS) is 20.5. The quantitative estimate of drug-likeness (QED) is 0.672. The van der Waals surface area contributed by atoms with Crippen molar-refractivity contribution in [1.29, 1.82) is 0 Å². The Hall–Kier alpha value is -1.28. The summed E-state index contributed by atoms with van der Waals surface area (Å²) in [5.41, 5.74) is 5.49. The van der Waals surface area contributed by atoms with Crippen molar-refractivity contribution < 1.29 is 0 Å². The molecule has 1 aromatic heterocycles. The Labute approximate surface area is 89.7 Å². The average Bonchev–Trinajstić information content (AvgIpc) is 2.54. The second kappa shape index (κ2) is 3.11. The number of aromatic nitrogens is 1. The zero-order valence-electron chi connectivity index (χ0n) is 9.22. The fraction of sp³-hybridized carbons (Fsp3) is 0.385. The third kappa shape index (κ3) is 1.37. The fourth-order valence-electron chi connectivity index (χ4n) is 2.46. The lowest BCUT2D eigenvalue weighted by Gasteiger charge is -2.20. The fourth-order valence-corrected chi connectivity index (χ4v) is 2.46. The van der Waals surface area contributed by atoms with Gasteiger partial charge in [0.2, 0.25) is 0 Å². The first-order chi connectivity index (χ1) is 7.24. The van der Waals surface area contributed by atoms with E-state index in [1.54, 1.807) is 0 Å². The van der Waals surface area contributed by atoms with Crippen molar-refractivity contribution in [1.82, 2.24) is 10.3 Å². The van der Waals surface area contributed by atoms with E-state index in [-0.39, 0.29) is 0 Å². The molecule has 0 bridgehead atoms. The average molecular weight is 200 g/mol. The van der Waals surface area contributed by atoms with Crippen LogP contribution in [0.4, 0.5) is 0 Å². The van der Waals surface area contributed by atoms with Gasteiger partial charge in [0, 0.05) is 29.2 Å². The largest absolute Gasteiger partial charge is 0.357 e. The Morgan fingerprint density at radius 3 is 3.07 bits per heavy atom. The molecule has 0 saturated heterocycles. The molecule has 2 N–H and O–H groups in total. The van der Waals surface area contributed by atoms with E-state index in [4.69, 9.17) is 0 Å². The summed E-state index contributed by atoms with van der Waals surface area (Å²) in [6.45, 7) is 5.36. The first kappa shape index (κ1) is 8.98.